The van der Waals surface area contributed by atoms with Gasteiger partial charge in [0.1, 0.15) is 0 Å². The summed E-state index contributed by atoms with van der Waals surface area (Å²) in [6.07, 6.45) is 7.73. The fraction of sp³-hybridized carbons (Fsp3) is 0.429. The minimum Gasteiger partial charge on any atom is -0.382 e. The summed E-state index contributed by atoms with van der Waals surface area (Å²) in [5.41, 5.74) is 2.85. The lowest BCUT2D eigenvalue weighted by Gasteiger charge is -2.24. The highest BCUT2D eigenvalue weighted by Crippen LogP contribution is 2.23. The maximum Gasteiger partial charge on any atom is 0.232 e. The molecule has 1 fully saturated rings. The van der Waals surface area contributed by atoms with Crippen LogP contribution in [0.15, 0.2) is 54.6 Å². The van der Waals surface area contributed by atoms with Crippen LogP contribution < -0.4 is 10.0 Å². The minimum absolute atomic E-state index is 0.129. The molecule has 2 aromatic rings. The number of rotatable bonds is 8. The molecule has 5 heteroatoms. The van der Waals surface area contributed by atoms with Crippen LogP contribution in [-0.4, -0.2) is 20.2 Å². The van der Waals surface area contributed by atoms with Gasteiger partial charge in [-0.15, -0.1) is 0 Å². The van der Waals surface area contributed by atoms with Gasteiger partial charge in [-0.05, 0) is 55.5 Å². The van der Waals surface area contributed by atoms with Crippen LogP contribution in [0.4, 0.5) is 11.4 Å². The Labute approximate surface area is 157 Å². The van der Waals surface area contributed by atoms with Crippen molar-refractivity contribution in [1.82, 2.24) is 0 Å². The predicted octanol–water partition coefficient (Wildman–Crippen LogP) is 4.81. The van der Waals surface area contributed by atoms with Crippen LogP contribution >= 0.6 is 0 Å². The second-order valence-corrected chi connectivity index (χ2v) is 8.91. The van der Waals surface area contributed by atoms with Crippen molar-refractivity contribution >= 4 is 21.4 Å². The van der Waals surface area contributed by atoms with Crippen molar-refractivity contribution in [2.75, 3.05) is 15.8 Å². The Hall–Kier alpha value is -2.01. The molecule has 26 heavy (non-hydrogen) atoms. The normalized spacial score (nSPS) is 15.5. The zero-order chi connectivity index (χ0) is 18.2. The number of hydrogen-bond acceptors (Lipinski definition) is 3. The number of nitrogens with one attached hydrogen (secondary N) is 2. The number of hydrogen-bond donors (Lipinski definition) is 2. The Balaban J connectivity index is 1.47. The highest BCUT2D eigenvalue weighted by molar-refractivity contribution is 7.92. The molecule has 0 bridgehead atoms. The number of anilines is 2. The highest BCUT2D eigenvalue weighted by Gasteiger charge is 2.13. The van der Waals surface area contributed by atoms with E-state index < -0.39 is 10.0 Å². The van der Waals surface area contributed by atoms with E-state index >= 15 is 0 Å². The topological polar surface area (TPSA) is 58.2 Å². The van der Waals surface area contributed by atoms with Crippen molar-refractivity contribution in [2.45, 2.75) is 51.0 Å². The van der Waals surface area contributed by atoms with E-state index in [-0.39, 0.29) is 5.75 Å². The molecule has 0 aliphatic heterocycles. The average Bonchev–Trinajstić information content (AvgIpc) is 2.65. The zero-order valence-electron chi connectivity index (χ0n) is 15.2. The maximum atomic E-state index is 12.3. The van der Waals surface area contributed by atoms with Crippen LogP contribution in [0.3, 0.4) is 0 Å². The molecule has 1 aliphatic carbocycles. The van der Waals surface area contributed by atoms with E-state index in [2.05, 4.69) is 10.0 Å². The lowest BCUT2D eigenvalue weighted by molar-refractivity contribution is 0.463. The standard InChI is InChI=1S/C21H28N2O2S/c24-26(25,17-7-10-18-8-3-1-4-9-18)23-21-15-13-20(14-16-21)22-19-11-5-2-6-12-19/h1,3-4,8-9,13-16,19,22-23H,2,5-7,10-12,17H2. The van der Waals surface area contributed by atoms with Crippen LogP contribution in [0.1, 0.15) is 44.1 Å². The van der Waals surface area contributed by atoms with Gasteiger partial charge in [0.15, 0.2) is 0 Å². The van der Waals surface area contributed by atoms with E-state index in [1.54, 1.807) is 0 Å². The molecule has 2 aromatic carbocycles. The average molecular weight is 373 g/mol. The van der Waals surface area contributed by atoms with Crippen LogP contribution in [-0.2, 0) is 16.4 Å². The van der Waals surface area contributed by atoms with Gasteiger partial charge in [0.05, 0.1) is 5.75 Å². The summed E-state index contributed by atoms with van der Waals surface area (Å²) < 4.78 is 27.2. The molecule has 2 N–H and O–H groups in total. The SMILES string of the molecule is O=S(=O)(CCCc1ccccc1)Nc1ccc(NC2CCCCC2)cc1. The third-order valence-corrected chi connectivity index (χ3v) is 6.23. The van der Waals surface area contributed by atoms with Crippen molar-refractivity contribution in [3.63, 3.8) is 0 Å². The molecule has 1 saturated carbocycles. The first kappa shape index (κ1) is 18.8. The Kier molecular flexibility index (Phi) is 6.56. The summed E-state index contributed by atoms with van der Waals surface area (Å²) in [5, 5.41) is 3.55. The molecule has 0 atom stereocenters. The first-order valence-corrected chi connectivity index (χ1v) is 11.2. The van der Waals surface area contributed by atoms with E-state index in [1.165, 1.54) is 37.7 Å². The summed E-state index contributed by atoms with van der Waals surface area (Å²) in [4.78, 5) is 0. The van der Waals surface area contributed by atoms with Crippen molar-refractivity contribution in [1.29, 1.82) is 0 Å². The number of sulfonamides is 1. The summed E-state index contributed by atoms with van der Waals surface area (Å²) in [6, 6.07) is 18.1. The van der Waals surface area contributed by atoms with Crippen LogP contribution in [0, 0.1) is 0 Å². The molecular formula is C21H28N2O2S. The Morgan fingerprint density at radius 1 is 0.846 bits per heavy atom. The summed E-state index contributed by atoms with van der Waals surface area (Å²) >= 11 is 0. The molecule has 0 saturated heterocycles. The molecule has 0 aromatic heterocycles. The quantitative estimate of drug-likeness (QED) is 0.699. The Morgan fingerprint density at radius 3 is 2.19 bits per heavy atom. The molecule has 0 spiro atoms. The van der Waals surface area contributed by atoms with Crippen molar-refractivity contribution in [3.8, 4) is 0 Å². The van der Waals surface area contributed by atoms with Crippen molar-refractivity contribution in [3.05, 3.63) is 60.2 Å². The zero-order valence-corrected chi connectivity index (χ0v) is 16.0. The molecule has 4 nitrogen and oxygen atoms in total. The van der Waals surface area contributed by atoms with E-state index in [0.717, 1.165) is 12.1 Å². The lowest BCUT2D eigenvalue weighted by atomic mass is 9.95. The predicted molar refractivity (Wildman–Crippen MR) is 109 cm³/mol. The fourth-order valence-electron chi connectivity index (χ4n) is 3.46. The van der Waals surface area contributed by atoms with Crippen molar-refractivity contribution in [2.24, 2.45) is 0 Å². The Bertz CT molecular complexity index is 767. The number of benzene rings is 2. The van der Waals surface area contributed by atoms with Crippen LogP contribution in [0.2, 0.25) is 0 Å². The maximum absolute atomic E-state index is 12.3. The first-order chi connectivity index (χ1) is 12.6. The number of aryl methyl sites for hydroxylation is 1. The fourth-order valence-corrected chi connectivity index (χ4v) is 4.58. The van der Waals surface area contributed by atoms with Gasteiger partial charge in [0, 0.05) is 17.4 Å². The molecule has 1 aliphatic rings. The second kappa shape index (κ2) is 9.08. The van der Waals surface area contributed by atoms with Gasteiger partial charge in [-0.3, -0.25) is 4.72 Å². The van der Waals surface area contributed by atoms with Crippen LogP contribution in [0.25, 0.3) is 0 Å². The van der Waals surface area contributed by atoms with Gasteiger partial charge >= 0.3 is 0 Å². The monoisotopic (exact) mass is 372 g/mol. The molecule has 0 amide bonds. The summed E-state index contributed by atoms with van der Waals surface area (Å²) in [5.74, 6) is 0.129. The van der Waals surface area contributed by atoms with Gasteiger partial charge < -0.3 is 5.32 Å². The third-order valence-electron chi connectivity index (χ3n) is 4.86. The second-order valence-electron chi connectivity index (χ2n) is 7.07. The van der Waals surface area contributed by atoms with Gasteiger partial charge in [-0.1, -0.05) is 49.6 Å². The lowest BCUT2D eigenvalue weighted by Crippen LogP contribution is -2.22. The smallest absolute Gasteiger partial charge is 0.232 e. The highest BCUT2D eigenvalue weighted by atomic mass is 32.2. The minimum atomic E-state index is -3.32. The van der Waals surface area contributed by atoms with Gasteiger partial charge in [-0.2, -0.15) is 0 Å². The van der Waals surface area contributed by atoms with Gasteiger partial charge in [-0.25, -0.2) is 8.42 Å². The molecule has 0 radical (unpaired) electrons. The summed E-state index contributed by atoms with van der Waals surface area (Å²) in [7, 11) is -3.32. The molecule has 0 unspecified atom stereocenters. The summed E-state index contributed by atoms with van der Waals surface area (Å²) in [6.45, 7) is 0. The third kappa shape index (κ3) is 6.06. The molecule has 3 rings (SSSR count). The van der Waals surface area contributed by atoms with E-state index in [4.69, 9.17) is 0 Å². The van der Waals surface area contributed by atoms with Gasteiger partial charge in [0.2, 0.25) is 10.0 Å². The van der Waals surface area contributed by atoms with Gasteiger partial charge in [0.25, 0.3) is 0 Å². The largest absolute Gasteiger partial charge is 0.382 e. The van der Waals surface area contributed by atoms with Crippen LogP contribution in [0.5, 0.6) is 0 Å². The Morgan fingerprint density at radius 2 is 1.50 bits per heavy atom. The molecule has 140 valence electrons. The van der Waals surface area contributed by atoms with E-state index in [9.17, 15) is 8.42 Å². The molecule has 0 heterocycles. The van der Waals surface area contributed by atoms with E-state index in [0.29, 0.717) is 18.2 Å². The first-order valence-electron chi connectivity index (χ1n) is 9.52. The molecular weight excluding hydrogens is 344 g/mol. The van der Waals surface area contributed by atoms with E-state index in [1.807, 2.05) is 54.6 Å². The van der Waals surface area contributed by atoms with Crippen molar-refractivity contribution < 1.29 is 8.42 Å².